The number of carbonyl (C=O) groups excluding carboxylic acids is 1. The van der Waals surface area contributed by atoms with E-state index in [9.17, 15) is 4.79 Å². The van der Waals surface area contributed by atoms with Crippen LogP contribution < -0.4 is 0 Å². The maximum Gasteiger partial charge on any atom is 0.186 e. The van der Waals surface area contributed by atoms with Crippen LogP contribution in [0, 0.1) is 0 Å². The summed E-state index contributed by atoms with van der Waals surface area (Å²) in [5, 5.41) is 0. The smallest absolute Gasteiger partial charge is 0.186 e. The molecule has 1 atom stereocenters. The van der Waals surface area contributed by atoms with Crippen LogP contribution in [0.4, 0.5) is 0 Å². The van der Waals surface area contributed by atoms with Gasteiger partial charge in [0.05, 0.1) is 13.2 Å². The fourth-order valence-corrected chi connectivity index (χ4v) is 0.990. The highest BCUT2D eigenvalue weighted by atomic mass is 16.6. The fourth-order valence-electron chi connectivity index (χ4n) is 0.990. The monoisotopic (exact) mass is 170 g/mol. The molecule has 0 aromatic heterocycles. The quantitative estimate of drug-likeness (QED) is 0.589. The lowest BCUT2D eigenvalue weighted by molar-refractivity contribution is -0.161. The molecule has 1 unspecified atom stereocenters. The summed E-state index contributed by atoms with van der Waals surface area (Å²) in [5.74, 6) is -0.0260. The average Bonchev–Trinajstić information content (AvgIpc) is 1.94. The van der Waals surface area contributed by atoms with Gasteiger partial charge in [0.15, 0.2) is 5.78 Å². The van der Waals surface area contributed by atoms with E-state index in [-0.39, 0.29) is 18.0 Å². The van der Waals surface area contributed by atoms with E-state index in [1.807, 2.05) is 0 Å². The minimum Gasteiger partial charge on any atom is -0.376 e. The molecule has 3 nitrogen and oxygen atoms in total. The molecular formula is C9H14O3. The normalized spacial score (nSPS) is 19.8. The number of Topliss-reactive ketones (excluding diaryl/α,β-unsaturated/α-hetero) is 1. The molecule has 0 N–H and O–H groups in total. The maximum atomic E-state index is 11.3. The third-order valence-corrected chi connectivity index (χ3v) is 1.79. The summed E-state index contributed by atoms with van der Waals surface area (Å²) >= 11 is 0. The van der Waals surface area contributed by atoms with Gasteiger partial charge in [-0.1, -0.05) is 6.58 Å². The Bertz CT molecular complexity index is 194. The number of rotatable bonds is 4. The first-order valence-corrected chi connectivity index (χ1v) is 4.04. The van der Waals surface area contributed by atoms with Crippen molar-refractivity contribution in [3.8, 4) is 0 Å². The van der Waals surface area contributed by atoms with Gasteiger partial charge in [0.25, 0.3) is 0 Å². The van der Waals surface area contributed by atoms with Crippen molar-refractivity contribution >= 4 is 5.78 Å². The van der Waals surface area contributed by atoms with Crippen LogP contribution in [0.15, 0.2) is 12.2 Å². The van der Waals surface area contributed by atoms with E-state index in [1.54, 1.807) is 13.8 Å². The number of hydrogen-bond acceptors (Lipinski definition) is 3. The van der Waals surface area contributed by atoms with Gasteiger partial charge in [0.1, 0.15) is 12.2 Å². The molecule has 0 spiro atoms. The number of hydrogen-bond donors (Lipinski definition) is 0. The van der Waals surface area contributed by atoms with Gasteiger partial charge in [-0.15, -0.1) is 0 Å². The standard InChI is InChI=1S/C9H14O3/c1-6(2)9(10)7(3)12-8-4-11-5-8/h7-8H,1,4-5H2,2-3H3. The molecule has 12 heavy (non-hydrogen) atoms. The van der Waals surface area contributed by atoms with Crippen molar-refractivity contribution in [2.45, 2.75) is 26.1 Å². The van der Waals surface area contributed by atoms with Crippen molar-refractivity contribution in [2.75, 3.05) is 13.2 Å². The largest absolute Gasteiger partial charge is 0.376 e. The van der Waals surface area contributed by atoms with Gasteiger partial charge in [0, 0.05) is 0 Å². The Balaban J connectivity index is 2.31. The molecule has 0 aromatic carbocycles. The van der Waals surface area contributed by atoms with E-state index in [1.165, 1.54) is 0 Å². The molecule has 0 aromatic rings. The first-order chi connectivity index (χ1) is 5.61. The van der Waals surface area contributed by atoms with Crippen molar-refractivity contribution in [3.05, 3.63) is 12.2 Å². The van der Waals surface area contributed by atoms with Gasteiger partial charge in [-0.05, 0) is 19.4 Å². The third kappa shape index (κ3) is 2.16. The van der Waals surface area contributed by atoms with E-state index in [4.69, 9.17) is 9.47 Å². The molecule has 1 saturated heterocycles. The van der Waals surface area contributed by atoms with Crippen LogP contribution >= 0.6 is 0 Å². The second kappa shape index (κ2) is 3.83. The van der Waals surface area contributed by atoms with Crippen molar-refractivity contribution in [3.63, 3.8) is 0 Å². The topological polar surface area (TPSA) is 35.5 Å². The molecule has 68 valence electrons. The summed E-state index contributed by atoms with van der Waals surface area (Å²) < 4.78 is 10.3. The zero-order chi connectivity index (χ0) is 9.14. The van der Waals surface area contributed by atoms with Crippen molar-refractivity contribution in [1.82, 2.24) is 0 Å². The van der Waals surface area contributed by atoms with Crippen molar-refractivity contribution in [2.24, 2.45) is 0 Å². The highest BCUT2D eigenvalue weighted by Gasteiger charge is 2.24. The van der Waals surface area contributed by atoms with Gasteiger partial charge in [-0.2, -0.15) is 0 Å². The van der Waals surface area contributed by atoms with Crippen LogP contribution in [-0.4, -0.2) is 31.2 Å². The highest BCUT2D eigenvalue weighted by molar-refractivity contribution is 5.97. The predicted molar refractivity (Wildman–Crippen MR) is 45.0 cm³/mol. The van der Waals surface area contributed by atoms with E-state index in [0.29, 0.717) is 18.8 Å². The maximum absolute atomic E-state index is 11.3. The minimum atomic E-state index is -0.378. The first kappa shape index (κ1) is 9.42. The van der Waals surface area contributed by atoms with E-state index in [0.717, 1.165) is 0 Å². The second-order valence-corrected chi connectivity index (χ2v) is 3.08. The molecule has 1 heterocycles. The molecule has 1 fully saturated rings. The molecule has 0 radical (unpaired) electrons. The Morgan fingerprint density at radius 3 is 2.58 bits per heavy atom. The molecule has 1 rings (SSSR count). The predicted octanol–water partition coefficient (Wildman–Crippen LogP) is 0.935. The summed E-state index contributed by atoms with van der Waals surface area (Å²) in [5.41, 5.74) is 0.544. The lowest BCUT2D eigenvalue weighted by atomic mass is 10.1. The molecular weight excluding hydrogens is 156 g/mol. The summed E-state index contributed by atoms with van der Waals surface area (Å²) in [4.78, 5) is 11.3. The zero-order valence-corrected chi connectivity index (χ0v) is 7.50. The Labute approximate surface area is 72.4 Å². The van der Waals surface area contributed by atoms with Crippen LogP contribution in [-0.2, 0) is 14.3 Å². The molecule has 0 aliphatic carbocycles. The van der Waals surface area contributed by atoms with Crippen molar-refractivity contribution < 1.29 is 14.3 Å². The van der Waals surface area contributed by atoms with Gasteiger partial charge >= 0.3 is 0 Å². The van der Waals surface area contributed by atoms with E-state index < -0.39 is 0 Å². The van der Waals surface area contributed by atoms with E-state index >= 15 is 0 Å². The molecule has 0 amide bonds. The third-order valence-electron chi connectivity index (χ3n) is 1.79. The zero-order valence-electron chi connectivity index (χ0n) is 7.50. The van der Waals surface area contributed by atoms with Crippen molar-refractivity contribution in [1.29, 1.82) is 0 Å². The van der Waals surface area contributed by atoms with Crippen LogP contribution in [0.3, 0.4) is 0 Å². The van der Waals surface area contributed by atoms with Crippen LogP contribution in [0.2, 0.25) is 0 Å². The van der Waals surface area contributed by atoms with Crippen LogP contribution in [0.25, 0.3) is 0 Å². The number of carbonyl (C=O) groups is 1. The molecule has 1 aliphatic heterocycles. The van der Waals surface area contributed by atoms with Gasteiger partial charge < -0.3 is 9.47 Å². The number of ether oxygens (including phenoxy) is 2. The highest BCUT2D eigenvalue weighted by Crippen LogP contribution is 2.10. The number of ketones is 1. The summed E-state index contributed by atoms with van der Waals surface area (Å²) in [6.07, 6.45) is -0.278. The van der Waals surface area contributed by atoms with Gasteiger partial charge in [-0.3, -0.25) is 4.79 Å². The summed E-state index contributed by atoms with van der Waals surface area (Å²) in [6.45, 7) is 8.22. The summed E-state index contributed by atoms with van der Waals surface area (Å²) in [7, 11) is 0. The minimum absolute atomic E-state index is 0.0260. The molecule has 0 saturated carbocycles. The Morgan fingerprint density at radius 2 is 2.25 bits per heavy atom. The Hall–Kier alpha value is -0.670. The van der Waals surface area contributed by atoms with Gasteiger partial charge in [-0.25, -0.2) is 0 Å². The molecule has 1 aliphatic rings. The first-order valence-electron chi connectivity index (χ1n) is 4.04. The van der Waals surface area contributed by atoms with E-state index in [2.05, 4.69) is 6.58 Å². The van der Waals surface area contributed by atoms with Crippen LogP contribution in [0.5, 0.6) is 0 Å². The average molecular weight is 170 g/mol. The lowest BCUT2D eigenvalue weighted by Gasteiger charge is -2.28. The molecule has 0 bridgehead atoms. The SMILES string of the molecule is C=C(C)C(=O)C(C)OC1COC1. The Morgan fingerprint density at radius 1 is 1.67 bits per heavy atom. The Kier molecular flexibility index (Phi) is 3.00. The lowest BCUT2D eigenvalue weighted by Crippen LogP contribution is -2.40. The van der Waals surface area contributed by atoms with Gasteiger partial charge in [0.2, 0.25) is 0 Å². The molecule has 3 heteroatoms. The summed E-state index contributed by atoms with van der Waals surface area (Å²) in [6, 6.07) is 0. The second-order valence-electron chi connectivity index (χ2n) is 3.08. The fraction of sp³-hybridized carbons (Fsp3) is 0.667. The van der Waals surface area contributed by atoms with Crippen LogP contribution in [0.1, 0.15) is 13.8 Å².